The monoisotopic (exact) mass is 211 g/mol. The van der Waals surface area contributed by atoms with Gasteiger partial charge in [-0.1, -0.05) is 6.92 Å². The van der Waals surface area contributed by atoms with Crippen LogP contribution in [0.3, 0.4) is 0 Å². The maximum absolute atomic E-state index is 9.79. The summed E-state index contributed by atoms with van der Waals surface area (Å²) in [4.78, 5) is 1.15. The van der Waals surface area contributed by atoms with Gasteiger partial charge in [0, 0.05) is 16.3 Å². The Morgan fingerprint density at radius 3 is 2.43 bits per heavy atom. The van der Waals surface area contributed by atoms with Gasteiger partial charge >= 0.3 is 0 Å². The van der Waals surface area contributed by atoms with E-state index in [0.29, 0.717) is 5.75 Å². The van der Waals surface area contributed by atoms with Crippen molar-refractivity contribution in [1.82, 2.24) is 0 Å². The zero-order valence-electron chi connectivity index (χ0n) is 8.66. The molecule has 0 radical (unpaired) electrons. The van der Waals surface area contributed by atoms with Crippen LogP contribution in [0.2, 0.25) is 0 Å². The van der Waals surface area contributed by atoms with Gasteiger partial charge in [0.15, 0.2) is 0 Å². The Bertz CT molecular complexity index is 282. The van der Waals surface area contributed by atoms with E-state index >= 15 is 0 Å². The van der Waals surface area contributed by atoms with E-state index < -0.39 is 5.60 Å². The largest absolute Gasteiger partial charge is 0.399 e. The molecule has 1 aromatic carbocycles. The second kappa shape index (κ2) is 4.71. The Labute approximate surface area is 89.5 Å². The van der Waals surface area contributed by atoms with Crippen LogP contribution >= 0.6 is 11.8 Å². The molecule has 0 aromatic heterocycles. The van der Waals surface area contributed by atoms with E-state index in [1.807, 2.05) is 38.1 Å². The fraction of sp³-hybridized carbons (Fsp3) is 0.455. The highest BCUT2D eigenvalue weighted by molar-refractivity contribution is 7.99. The van der Waals surface area contributed by atoms with E-state index in [4.69, 9.17) is 5.73 Å². The molecule has 78 valence electrons. The number of benzene rings is 1. The van der Waals surface area contributed by atoms with Crippen molar-refractivity contribution in [3.8, 4) is 0 Å². The lowest BCUT2D eigenvalue weighted by Gasteiger charge is -2.20. The predicted molar refractivity (Wildman–Crippen MR) is 62.5 cm³/mol. The summed E-state index contributed by atoms with van der Waals surface area (Å²) in [7, 11) is 0. The van der Waals surface area contributed by atoms with Gasteiger partial charge in [-0.25, -0.2) is 0 Å². The molecule has 1 aromatic rings. The average molecular weight is 211 g/mol. The summed E-state index contributed by atoms with van der Waals surface area (Å²) in [6.45, 7) is 3.85. The molecule has 0 bridgehead atoms. The molecule has 0 aliphatic rings. The molecule has 1 atom stereocenters. The molecule has 1 rings (SSSR count). The molecular formula is C11H17NOS. The molecule has 3 N–H and O–H groups in total. The number of hydrogen-bond acceptors (Lipinski definition) is 3. The van der Waals surface area contributed by atoms with Crippen LogP contribution in [0.25, 0.3) is 0 Å². The first-order chi connectivity index (χ1) is 6.53. The molecule has 14 heavy (non-hydrogen) atoms. The first-order valence-electron chi connectivity index (χ1n) is 4.74. The van der Waals surface area contributed by atoms with Crippen molar-refractivity contribution >= 4 is 17.4 Å². The van der Waals surface area contributed by atoms with Crippen LogP contribution in [-0.4, -0.2) is 16.5 Å². The van der Waals surface area contributed by atoms with Crippen LogP contribution in [0, 0.1) is 0 Å². The van der Waals surface area contributed by atoms with Crippen LogP contribution in [0.4, 0.5) is 5.69 Å². The second-order valence-electron chi connectivity index (χ2n) is 3.71. The van der Waals surface area contributed by atoms with Crippen molar-refractivity contribution in [3.05, 3.63) is 24.3 Å². The molecule has 1 unspecified atom stereocenters. The first kappa shape index (κ1) is 11.4. The van der Waals surface area contributed by atoms with Crippen LogP contribution < -0.4 is 5.73 Å². The maximum Gasteiger partial charge on any atom is 0.0710 e. The van der Waals surface area contributed by atoms with Crippen LogP contribution in [0.1, 0.15) is 20.3 Å². The SMILES string of the molecule is CCC(C)(O)CSc1ccc(N)cc1. The second-order valence-corrected chi connectivity index (χ2v) is 4.76. The van der Waals surface area contributed by atoms with Gasteiger partial charge in [-0.15, -0.1) is 11.8 Å². The van der Waals surface area contributed by atoms with Gasteiger partial charge in [0.1, 0.15) is 0 Å². The number of anilines is 1. The number of rotatable bonds is 4. The minimum atomic E-state index is -0.577. The smallest absolute Gasteiger partial charge is 0.0710 e. The van der Waals surface area contributed by atoms with Crippen molar-refractivity contribution < 1.29 is 5.11 Å². The van der Waals surface area contributed by atoms with E-state index in [0.717, 1.165) is 17.0 Å². The molecule has 0 aliphatic heterocycles. The summed E-state index contributed by atoms with van der Waals surface area (Å²) in [6.07, 6.45) is 0.773. The summed E-state index contributed by atoms with van der Waals surface area (Å²) in [6, 6.07) is 7.71. The highest BCUT2D eigenvalue weighted by Gasteiger charge is 2.17. The van der Waals surface area contributed by atoms with E-state index in [-0.39, 0.29) is 0 Å². The molecule has 0 saturated heterocycles. The van der Waals surface area contributed by atoms with Crippen molar-refractivity contribution in [1.29, 1.82) is 0 Å². The topological polar surface area (TPSA) is 46.2 Å². The average Bonchev–Trinajstić information content (AvgIpc) is 2.17. The fourth-order valence-corrected chi connectivity index (χ4v) is 1.92. The van der Waals surface area contributed by atoms with E-state index in [2.05, 4.69) is 0 Å². The zero-order valence-corrected chi connectivity index (χ0v) is 9.47. The van der Waals surface area contributed by atoms with Gasteiger partial charge in [-0.3, -0.25) is 0 Å². The molecule has 0 amide bonds. The number of aliphatic hydroxyl groups is 1. The lowest BCUT2D eigenvalue weighted by molar-refractivity contribution is 0.0816. The van der Waals surface area contributed by atoms with Crippen molar-refractivity contribution in [2.75, 3.05) is 11.5 Å². The van der Waals surface area contributed by atoms with Gasteiger partial charge in [-0.2, -0.15) is 0 Å². The predicted octanol–water partition coefficient (Wildman–Crippen LogP) is 2.52. The number of hydrogen-bond donors (Lipinski definition) is 2. The molecule has 0 fully saturated rings. The highest BCUT2D eigenvalue weighted by atomic mass is 32.2. The first-order valence-corrected chi connectivity index (χ1v) is 5.73. The Balaban J connectivity index is 2.50. The summed E-state index contributed by atoms with van der Waals surface area (Å²) in [5.74, 6) is 0.716. The Kier molecular flexibility index (Phi) is 3.84. The van der Waals surface area contributed by atoms with Crippen LogP contribution in [-0.2, 0) is 0 Å². The van der Waals surface area contributed by atoms with Crippen LogP contribution in [0.15, 0.2) is 29.2 Å². The van der Waals surface area contributed by atoms with E-state index in [9.17, 15) is 5.11 Å². The third kappa shape index (κ3) is 3.60. The van der Waals surface area contributed by atoms with E-state index in [1.165, 1.54) is 0 Å². The van der Waals surface area contributed by atoms with Gasteiger partial charge < -0.3 is 10.8 Å². The fourth-order valence-electron chi connectivity index (χ4n) is 0.905. The summed E-state index contributed by atoms with van der Waals surface area (Å²) >= 11 is 1.66. The molecule has 0 saturated carbocycles. The Morgan fingerprint density at radius 2 is 1.93 bits per heavy atom. The van der Waals surface area contributed by atoms with Crippen molar-refractivity contribution in [2.24, 2.45) is 0 Å². The molecular weight excluding hydrogens is 194 g/mol. The molecule has 0 heterocycles. The van der Waals surface area contributed by atoms with E-state index in [1.54, 1.807) is 11.8 Å². The molecule has 0 spiro atoms. The lowest BCUT2D eigenvalue weighted by Crippen LogP contribution is -2.25. The minimum Gasteiger partial charge on any atom is -0.399 e. The quantitative estimate of drug-likeness (QED) is 0.594. The third-order valence-corrected chi connectivity index (χ3v) is 3.56. The van der Waals surface area contributed by atoms with Gasteiger partial charge in [0.2, 0.25) is 0 Å². The summed E-state index contributed by atoms with van der Waals surface area (Å²) in [5.41, 5.74) is 5.77. The Hall–Kier alpha value is -0.670. The molecule has 2 nitrogen and oxygen atoms in total. The minimum absolute atomic E-state index is 0.577. The van der Waals surface area contributed by atoms with Gasteiger partial charge in [0.05, 0.1) is 5.60 Å². The Morgan fingerprint density at radius 1 is 1.36 bits per heavy atom. The molecule has 0 aliphatic carbocycles. The highest BCUT2D eigenvalue weighted by Crippen LogP contribution is 2.24. The zero-order chi connectivity index (χ0) is 10.6. The van der Waals surface area contributed by atoms with Gasteiger partial charge in [-0.05, 0) is 37.6 Å². The standard InChI is InChI=1S/C11H17NOS/c1-3-11(2,13)8-14-10-6-4-9(12)5-7-10/h4-7,13H,3,8,12H2,1-2H3. The lowest BCUT2D eigenvalue weighted by atomic mass is 10.1. The van der Waals surface area contributed by atoms with Crippen molar-refractivity contribution in [3.63, 3.8) is 0 Å². The van der Waals surface area contributed by atoms with Crippen molar-refractivity contribution in [2.45, 2.75) is 30.8 Å². The number of thioether (sulfide) groups is 1. The maximum atomic E-state index is 9.79. The summed E-state index contributed by atoms with van der Waals surface area (Å²) in [5, 5.41) is 9.79. The van der Waals surface area contributed by atoms with Crippen LogP contribution in [0.5, 0.6) is 0 Å². The number of nitrogens with two attached hydrogens (primary N) is 1. The van der Waals surface area contributed by atoms with Gasteiger partial charge in [0.25, 0.3) is 0 Å². The summed E-state index contributed by atoms with van der Waals surface area (Å²) < 4.78 is 0. The normalized spacial score (nSPS) is 15.1. The number of nitrogen functional groups attached to an aromatic ring is 1. The molecule has 3 heteroatoms. The third-order valence-electron chi connectivity index (χ3n) is 2.19.